The first-order chi connectivity index (χ1) is 9.31. The van der Waals surface area contributed by atoms with E-state index in [1.807, 2.05) is 0 Å². The molecule has 3 heteroatoms. The van der Waals surface area contributed by atoms with Crippen LogP contribution in [0.1, 0.15) is 31.2 Å². The number of nitrogens with one attached hydrogen (secondary N) is 1. The van der Waals surface area contributed by atoms with E-state index in [0.717, 1.165) is 6.54 Å². The third kappa shape index (κ3) is 4.30. The van der Waals surface area contributed by atoms with Crippen LogP contribution in [-0.2, 0) is 6.54 Å². The molecule has 0 amide bonds. The molecule has 1 saturated carbocycles. The van der Waals surface area contributed by atoms with Gasteiger partial charge in [-0.2, -0.15) is 0 Å². The number of nitrogens with zero attached hydrogens (tertiary/aromatic N) is 1. The minimum atomic E-state index is 0.228. The fourth-order valence-electron chi connectivity index (χ4n) is 3.12. The summed E-state index contributed by atoms with van der Waals surface area (Å²) < 4.78 is 0. The van der Waals surface area contributed by atoms with Crippen LogP contribution in [0.25, 0.3) is 0 Å². The molecule has 1 aromatic carbocycles. The van der Waals surface area contributed by atoms with Crippen molar-refractivity contribution in [1.29, 1.82) is 0 Å². The average molecular weight is 262 g/mol. The second-order valence-corrected chi connectivity index (χ2v) is 5.54. The lowest BCUT2D eigenvalue weighted by Gasteiger charge is -2.38. The Hall–Kier alpha value is -0.900. The van der Waals surface area contributed by atoms with E-state index in [1.165, 1.54) is 31.2 Å². The van der Waals surface area contributed by atoms with Gasteiger partial charge < -0.3 is 10.4 Å². The van der Waals surface area contributed by atoms with Crippen molar-refractivity contribution in [2.24, 2.45) is 0 Å². The summed E-state index contributed by atoms with van der Waals surface area (Å²) in [5, 5.41) is 12.5. The predicted octanol–water partition coefficient (Wildman–Crippen LogP) is 2.01. The summed E-state index contributed by atoms with van der Waals surface area (Å²) in [7, 11) is 2.22. The molecule has 19 heavy (non-hydrogen) atoms. The summed E-state index contributed by atoms with van der Waals surface area (Å²) in [4.78, 5) is 2.46. The van der Waals surface area contributed by atoms with Crippen LogP contribution in [0.5, 0.6) is 0 Å². The summed E-state index contributed by atoms with van der Waals surface area (Å²) in [5.41, 5.74) is 1.37. The van der Waals surface area contributed by atoms with Crippen LogP contribution in [0, 0.1) is 0 Å². The summed E-state index contributed by atoms with van der Waals surface area (Å²) in [6, 6.07) is 11.8. The van der Waals surface area contributed by atoms with Gasteiger partial charge in [0.15, 0.2) is 0 Å². The van der Waals surface area contributed by atoms with Gasteiger partial charge in [0.1, 0.15) is 0 Å². The molecule has 0 radical (unpaired) electrons. The van der Waals surface area contributed by atoms with Crippen LogP contribution in [-0.4, -0.2) is 42.3 Å². The van der Waals surface area contributed by atoms with Crippen molar-refractivity contribution in [2.75, 3.05) is 20.2 Å². The Bertz CT molecular complexity index is 355. The Balaban J connectivity index is 1.93. The van der Waals surface area contributed by atoms with Gasteiger partial charge in [-0.25, -0.2) is 0 Å². The second-order valence-electron chi connectivity index (χ2n) is 5.54. The molecule has 0 spiro atoms. The van der Waals surface area contributed by atoms with Gasteiger partial charge in [-0.05, 0) is 25.5 Å². The fourth-order valence-corrected chi connectivity index (χ4v) is 3.12. The fraction of sp³-hybridized carbons (Fsp3) is 0.625. The van der Waals surface area contributed by atoms with Gasteiger partial charge in [-0.3, -0.25) is 4.90 Å². The van der Waals surface area contributed by atoms with E-state index >= 15 is 0 Å². The zero-order valence-electron chi connectivity index (χ0n) is 11.9. The smallest absolute Gasteiger partial charge is 0.0556 e. The van der Waals surface area contributed by atoms with Gasteiger partial charge in [0.2, 0.25) is 0 Å². The zero-order chi connectivity index (χ0) is 13.5. The van der Waals surface area contributed by atoms with Crippen molar-refractivity contribution in [3.05, 3.63) is 35.9 Å². The van der Waals surface area contributed by atoms with Crippen molar-refractivity contribution < 1.29 is 5.11 Å². The lowest BCUT2D eigenvalue weighted by Crippen LogP contribution is -2.50. The van der Waals surface area contributed by atoms with Gasteiger partial charge in [0, 0.05) is 25.2 Å². The summed E-state index contributed by atoms with van der Waals surface area (Å²) in [6.45, 7) is 1.94. The Kier molecular flexibility index (Phi) is 5.83. The van der Waals surface area contributed by atoms with Crippen LogP contribution < -0.4 is 5.32 Å². The minimum absolute atomic E-state index is 0.228. The normalized spacial score (nSPS) is 23.7. The number of hydrogen-bond acceptors (Lipinski definition) is 3. The van der Waals surface area contributed by atoms with Crippen LogP contribution in [0.15, 0.2) is 30.3 Å². The van der Waals surface area contributed by atoms with Crippen LogP contribution in [0.2, 0.25) is 0 Å². The van der Waals surface area contributed by atoms with Crippen molar-refractivity contribution in [1.82, 2.24) is 10.2 Å². The molecule has 0 aromatic heterocycles. The van der Waals surface area contributed by atoms with Crippen molar-refractivity contribution in [3.63, 3.8) is 0 Å². The highest BCUT2D eigenvalue weighted by Crippen LogP contribution is 2.23. The molecular formula is C16H26N2O. The first-order valence-corrected chi connectivity index (χ1v) is 7.39. The molecule has 0 heterocycles. The van der Waals surface area contributed by atoms with E-state index in [-0.39, 0.29) is 6.61 Å². The summed E-state index contributed by atoms with van der Waals surface area (Å²) in [6.07, 6.45) is 5.11. The molecule has 3 nitrogen and oxygen atoms in total. The second kappa shape index (κ2) is 7.63. The molecule has 2 rings (SSSR count). The quantitative estimate of drug-likeness (QED) is 0.823. The number of likely N-dealkylation sites (N-methyl/N-ethyl adjacent to an activating group) is 1. The van der Waals surface area contributed by atoms with Crippen LogP contribution in [0.4, 0.5) is 0 Å². The van der Waals surface area contributed by atoms with E-state index in [2.05, 4.69) is 47.6 Å². The van der Waals surface area contributed by atoms with Gasteiger partial charge in [0.25, 0.3) is 0 Å². The highest BCUT2D eigenvalue weighted by molar-refractivity contribution is 5.14. The Labute approximate surface area is 116 Å². The molecule has 1 aromatic rings. The molecule has 2 atom stereocenters. The predicted molar refractivity (Wildman–Crippen MR) is 79.0 cm³/mol. The SMILES string of the molecule is CN(Cc1ccccc1)[C@H]1CCCC[C@@H]1NCCO. The van der Waals surface area contributed by atoms with Gasteiger partial charge >= 0.3 is 0 Å². The van der Waals surface area contributed by atoms with Crippen molar-refractivity contribution >= 4 is 0 Å². The lowest BCUT2D eigenvalue weighted by atomic mass is 9.89. The van der Waals surface area contributed by atoms with Crippen LogP contribution >= 0.6 is 0 Å². The minimum Gasteiger partial charge on any atom is -0.395 e. The molecule has 0 unspecified atom stereocenters. The Morgan fingerprint density at radius 3 is 2.68 bits per heavy atom. The molecule has 0 aliphatic heterocycles. The first-order valence-electron chi connectivity index (χ1n) is 7.39. The Morgan fingerprint density at radius 1 is 1.21 bits per heavy atom. The van der Waals surface area contributed by atoms with Crippen LogP contribution in [0.3, 0.4) is 0 Å². The third-order valence-corrected chi connectivity index (χ3v) is 4.09. The largest absolute Gasteiger partial charge is 0.395 e. The number of aliphatic hydroxyl groups excluding tert-OH is 1. The number of rotatable bonds is 6. The van der Waals surface area contributed by atoms with E-state index in [4.69, 9.17) is 5.11 Å². The van der Waals surface area contributed by atoms with E-state index in [1.54, 1.807) is 0 Å². The van der Waals surface area contributed by atoms with Crippen molar-refractivity contribution in [3.8, 4) is 0 Å². The maximum atomic E-state index is 8.98. The van der Waals surface area contributed by atoms with Gasteiger partial charge in [0.05, 0.1) is 6.61 Å². The summed E-state index contributed by atoms with van der Waals surface area (Å²) in [5.74, 6) is 0. The molecule has 106 valence electrons. The monoisotopic (exact) mass is 262 g/mol. The highest BCUT2D eigenvalue weighted by Gasteiger charge is 2.27. The number of hydrogen-bond donors (Lipinski definition) is 2. The van der Waals surface area contributed by atoms with E-state index in [9.17, 15) is 0 Å². The van der Waals surface area contributed by atoms with E-state index < -0.39 is 0 Å². The molecule has 0 bridgehead atoms. The zero-order valence-corrected chi connectivity index (χ0v) is 11.9. The third-order valence-electron chi connectivity index (χ3n) is 4.09. The highest BCUT2D eigenvalue weighted by atomic mass is 16.3. The van der Waals surface area contributed by atoms with Crippen molar-refractivity contribution in [2.45, 2.75) is 44.3 Å². The van der Waals surface area contributed by atoms with E-state index in [0.29, 0.717) is 18.6 Å². The molecule has 1 fully saturated rings. The molecule has 2 N–H and O–H groups in total. The molecular weight excluding hydrogens is 236 g/mol. The first kappa shape index (κ1) is 14.5. The Morgan fingerprint density at radius 2 is 1.95 bits per heavy atom. The average Bonchev–Trinajstić information content (AvgIpc) is 2.46. The topological polar surface area (TPSA) is 35.5 Å². The maximum absolute atomic E-state index is 8.98. The standard InChI is InChI=1S/C16H26N2O/c1-18(13-14-7-3-2-4-8-14)16-10-6-5-9-15(16)17-11-12-19/h2-4,7-8,15-17,19H,5-6,9-13H2,1H3/t15-,16-/m0/s1. The maximum Gasteiger partial charge on any atom is 0.0556 e. The summed E-state index contributed by atoms with van der Waals surface area (Å²) >= 11 is 0. The molecule has 1 aliphatic rings. The lowest BCUT2D eigenvalue weighted by molar-refractivity contribution is 0.138. The van der Waals surface area contributed by atoms with Gasteiger partial charge in [-0.1, -0.05) is 43.2 Å². The number of aliphatic hydroxyl groups is 1. The molecule has 0 saturated heterocycles. The van der Waals surface area contributed by atoms with Gasteiger partial charge in [-0.15, -0.1) is 0 Å². The molecule has 1 aliphatic carbocycles. The number of benzene rings is 1.